The minimum atomic E-state index is -4.44. The molecule has 0 unspecified atom stereocenters. The van der Waals surface area contributed by atoms with Gasteiger partial charge in [0.1, 0.15) is 19.0 Å². The summed E-state index contributed by atoms with van der Waals surface area (Å²) in [5.41, 5.74) is 0.844. The molecular weight excluding hydrogens is 317 g/mol. The number of pyridine rings is 1. The first-order chi connectivity index (χ1) is 8.28. The monoisotopic (exact) mass is 326 g/mol. The molecule has 1 heterocycles. The molecule has 0 atom stereocenters. The number of halogens is 4. The van der Waals surface area contributed by atoms with E-state index in [-0.39, 0.29) is 5.82 Å². The summed E-state index contributed by atoms with van der Waals surface area (Å²) in [7, 11) is 0. The summed E-state index contributed by atoms with van der Waals surface area (Å²) in [6, 6.07) is 1.59. The minimum absolute atomic E-state index is 0.260. The van der Waals surface area contributed by atoms with E-state index in [9.17, 15) is 18.0 Å². The van der Waals surface area contributed by atoms with E-state index in [1.54, 1.807) is 13.0 Å². The van der Waals surface area contributed by atoms with Gasteiger partial charge in [-0.05, 0) is 34.5 Å². The lowest BCUT2D eigenvalue weighted by molar-refractivity contribution is -0.174. The van der Waals surface area contributed by atoms with E-state index in [4.69, 9.17) is 0 Å². The molecule has 1 amide bonds. The van der Waals surface area contributed by atoms with Crippen LogP contribution in [0.4, 0.5) is 19.0 Å². The number of ether oxygens (including phenoxy) is 1. The average Bonchev–Trinajstić information content (AvgIpc) is 2.21. The Labute approximate surface area is 110 Å². The zero-order valence-corrected chi connectivity index (χ0v) is 10.9. The number of carbonyl (C=O) groups excluding carboxylic acids is 1. The highest BCUT2D eigenvalue weighted by molar-refractivity contribution is 9.10. The quantitative estimate of drug-likeness (QED) is 0.925. The molecule has 0 fully saturated rings. The van der Waals surface area contributed by atoms with Crippen LogP contribution >= 0.6 is 15.9 Å². The Kier molecular flexibility index (Phi) is 5.09. The molecule has 0 aromatic carbocycles. The van der Waals surface area contributed by atoms with Crippen LogP contribution in [0, 0.1) is 6.92 Å². The number of nitrogens with one attached hydrogen (secondary N) is 1. The molecule has 4 nitrogen and oxygen atoms in total. The normalized spacial score (nSPS) is 11.4. The van der Waals surface area contributed by atoms with Crippen LogP contribution in [0.3, 0.4) is 0 Å². The number of anilines is 1. The van der Waals surface area contributed by atoms with Crippen molar-refractivity contribution in [3.8, 4) is 0 Å². The number of nitrogens with zero attached hydrogens (tertiary/aromatic N) is 1. The third-order valence-corrected chi connectivity index (χ3v) is 2.64. The molecule has 0 radical (unpaired) electrons. The van der Waals surface area contributed by atoms with Crippen molar-refractivity contribution in [3.05, 3.63) is 22.3 Å². The maximum atomic E-state index is 11.8. The van der Waals surface area contributed by atoms with Gasteiger partial charge in [0, 0.05) is 10.7 Å². The summed E-state index contributed by atoms with van der Waals surface area (Å²) in [6.45, 7) is -0.328. The summed E-state index contributed by atoms with van der Waals surface area (Å²) in [5.74, 6) is -0.426. The third kappa shape index (κ3) is 5.46. The number of aromatic nitrogens is 1. The molecule has 8 heteroatoms. The largest absolute Gasteiger partial charge is 0.411 e. The smallest absolute Gasteiger partial charge is 0.362 e. The highest BCUT2D eigenvalue weighted by Crippen LogP contribution is 2.17. The maximum Gasteiger partial charge on any atom is 0.411 e. The molecule has 0 aliphatic rings. The Morgan fingerprint density at radius 3 is 2.78 bits per heavy atom. The van der Waals surface area contributed by atoms with E-state index in [0.717, 1.165) is 10.0 Å². The van der Waals surface area contributed by atoms with Crippen LogP contribution in [-0.2, 0) is 9.53 Å². The molecule has 0 aliphatic heterocycles. The van der Waals surface area contributed by atoms with Crippen molar-refractivity contribution in [1.29, 1.82) is 0 Å². The summed E-state index contributed by atoms with van der Waals surface area (Å²) < 4.78 is 40.3. The van der Waals surface area contributed by atoms with E-state index in [0.29, 0.717) is 0 Å². The predicted molar refractivity (Wildman–Crippen MR) is 62.2 cm³/mol. The lowest BCUT2D eigenvalue weighted by atomic mass is 10.3. The second kappa shape index (κ2) is 6.14. The highest BCUT2D eigenvalue weighted by atomic mass is 79.9. The van der Waals surface area contributed by atoms with Gasteiger partial charge in [0.25, 0.3) is 5.91 Å². The van der Waals surface area contributed by atoms with Crippen LogP contribution in [0.15, 0.2) is 16.7 Å². The molecule has 0 saturated carbocycles. The number of hydrogen-bond donors (Lipinski definition) is 1. The zero-order valence-electron chi connectivity index (χ0n) is 9.34. The van der Waals surface area contributed by atoms with Crippen LogP contribution in [-0.4, -0.2) is 30.3 Å². The molecular formula is C10H10BrF3N2O2. The Balaban J connectivity index is 2.42. The van der Waals surface area contributed by atoms with Gasteiger partial charge in [0.05, 0.1) is 0 Å². The zero-order chi connectivity index (χ0) is 13.8. The first-order valence-corrected chi connectivity index (χ1v) is 5.64. The predicted octanol–water partition coefficient (Wildman–Crippen LogP) is 2.67. The third-order valence-electron chi connectivity index (χ3n) is 1.81. The molecule has 0 aliphatic carbocycles. The van der Waals surface area contributed by atoms with Crippen molar-refractivity contribution in [1.82, 2.24) is 4.98 Å². The number of rotatable bonds is 4. The number of alkyl halides is 3. The van der Waals surface area contributed by atoms with Crippen molar-refractivity contribution in [2.24, 2.45) is 0 Å². The van der Waals surface area contributed by atoms with Crippen molar-refractivity contribution >= 4 is 27.7 Å². The fourth-order valence-corrected chi connectivity index (χ4v) is 1.26. The van der Waals surface area contributed by atoms with Gasteiger partial charge in [0.2, 0.25) is 0 Å². The van der Waals surface area contributed by atoms with E-state index < -0.39 is 25.3 Å². The van der Waals surface area contributed by atoms with Gasteiger partial charge in [-0.25, -0.2) is 4.98 Å². The average molecular weight is 327 g/mol. The standard InChI is InChI=1S/C10H10BrF3N2O2/c1-6-2-8(15-3-7(6)11)16-9(17)4-18-5-10(12,13)14/h2-3H,4-5H2,1H3,(H,15,16,17). The number of carbonyl (C=O) groups is 1. The first kappa shape index (κ1) is 14.9. The van der Waals surface area contributed by atoms with Gasteiger partial charge >= 0.3 is 6.18 Å². The first-order valence-electron chi connectivity index (χ1n) is 4.84. The second-order valence-electron chi connectivity index (χ2n) is 3.47. The molecule has 1 N–H and O–H groups in total. The molecule has 18 heavy (non-hydrogen) atoms. The Morgan fingerprint density at radius 2 is 2.22 bits per heavy atom. The Morgan fingerprint density at radius 1 is 1.56 bits per heavy atom. The molecule has 0 bridgehead atoms. The van der Waals surface area contributed by atoms with Crippen LogP contribution < -0.4 is 5.32 Å². The van der Waals surface area contributed by atoms with Gasteiger partial charge in [-0.3, -0.25) is 4.79 Å². The van der Waals surface area contributed by atoms with Crippen molar-refractivity contribution in [2.45, 2.75) is 13.1 Å². The lowest BCUT2D eigenvalue weighted by Crippen LogP contribution is -2.24. The molecule has 1 aromatic rings. The lowest BCUT2D eigenvalue weighted by Gasteiger charge is -2.08. The van der Waals surface area contributed by atoms with E-state index >= 15 is 0 Å². The molecule has 1 rings (SSSR count). The van der Waals surface area contributed by atoms with Crippen molar-refractivity contribution in [3.63, 3.8) is 0 Å². The summed E-state index contributed by atoms with van der Waals surface area (Å²) in [4.78, 5) is 15.1. The van der Waals surface area contributed by atoms with Crippen LogP contribution in [0.5, 0.6) is 0 Å². The number of aryl methyl sites for hydroxylation is 1. The van der Waals surface area contributed by atoms with E-state index in [1.165, 1.54) is 6.20 Å². The van der Waals surface area contributed by atoms with E-state index in [2.05, 4.69) is 31.0 Å². The molecule has 0 saturated heterocycles. The van der Waals surface area contributed by atoms with Gasteiger partial charge in [-0.15, -0.1) is 0 Å². The topological polar surface area (TPSA) is 51.2 Å². The summed E-state index contributed by atoms with van der Waals surface area (Å²) in [5, 5.41) is 2.33. The maximum absolute atomic E-state index is 11.8. The van der Waals surface area contributed by atoms with Gasteiger partial charge < -0.3 is 10.1 Å². The second-order valence-corrected chi connectivity index (χ2v) is 4.33. The van der Waals surface area contributed by atoms with Gasteiger partial charge in [-0.2, -0.15) is 13.2 Å². The van der Waals surface area contributed by atoms with Crippen molar-refractivity contribution < 1.29 is 22.7 Å². The fraction of sp³-hybridized carbons (Fsp3) is 0.400. The SMILES string of the molecule is Cc1cc(NC(=O)COCC(F)(F)F)ncc1Br. The molecule has 0 spiro atoms. The molecule has 1 aromatic heterocycles. The Bertz CT molecular complexity index is 438. The van der Waals surface area contributed by atoms with Gasteiger partial charge in [0.15, 0.2) is 0 Å². The van der Waals surface area contributed by atoms with Crippen LogP contribution in [0.25, 0.3) is 0 Å². The highest BCUT2D eigenvalue weighted by Gasteiger charge is 2.27. The van der Waals surface area contributed by atoms with Crippen LogP contribution in [0.2, 0.25) is 0 Å². The van der Waals surface area contributed by atoms with Crippen molar-refractivity contribution in [2.75, 3.05) is 18.5 Å². The molecule has 100 valence electrons. The summed E-state index contributed by atoms with van der Waals surface area (Å²) >= 11 is 3.23. The summed E-state index contributed by atoms with van der Waals surface area (Å²) in [6.07, 6.45) is -2.95. The fourth-order valence-electron chi connectivity index (χ4n) is 1.05. The van der Waals surface area contributed by atoms with Gasteiger partial charge in [-0.1, -0.05) is 0 Å². The number of hydrogen-bond acceptors (Lipinski definition) is 3. The van der Waals surface area contributed by atoms with E-state index in [1.807, 2.05) is 0 Å². The Hall–Kier alpha value is -1.15. The van der Waals surface area contributed by atoms with Crippen LogP contribution in [0.1, 0.15) is 5.56 Å². The minimum Gasteiger partial charge on any atom is -0.362 e. The number of amides is 1.